The topological polar surface area (TPSA) is 45.2 Å². The predicted molar refractivity (Wildman–Crippen MR) is 101 cm³/mol. The smallest absolute Gasteiger partial charge is 0.130 e. The van der Waals surface area contributed by atoms with Gasteiger partial charge in [0.25, 0.3) is 0 Å². The molecule has 1 fully saturated rings. The molecule has 1 unspecified atom stereocenters. The molecule has 7 heteroatoms. The zero-order chi connectivity index (χ0) is 19.6. The van der Waals surface area contributed by atoms with Crippen molar-refractivity contribution in [3.05, 3.63) is 35.4 Å². The van der Waals surface area contributed by atoms with Gasteiger partial charge in [-0.05, 0) is 12.0 Å². The SMILES string of the molecule is CC(C)COCC(O)CN(CCN1CCOCC1)Cc1ccc(F)cc1F. The lowest BCUT2D eigenvalue weighted by atomic mass is 10.2. The van der Waals surface area contributed by atoms with Crippen molar-refractivity contribution < 1.29 is 23.4 Å². The summed E-state index contributed by atoms with van der Waals surface area (Å²) in [6.07, 6.45) is -0.656. The average molecular weight is 386 g/mol. The molecule has 27 heavy (non-hydrogen) atoms. The lowest BCUT2D eigenvalue weighted by molar-refractivity contribution is 0.000797. The van der Waals surface area contributed by atoms with E-state index in [0.717, 1.165) is 38.9 Å². The third kappa shape index (κ3) is 8.62. The molecule has 1 N–H and O–H groups in total. The maximum absolute atomic E-state index is 14.1. The zero-order valence-corrected chi connectivity index (χ0v) is 16.4. The molecular weight excluding hydrogens is 354 g/mol. The average Bonchev–Trinajstić information content (AvgIpc) is 2.62. The molecule has 0 radical (unpaired) electrons. The number of rotatable bonds is 11. The van der Waals surface area contributed by atoms with Crippen molar-refractivity contribution in [1.29, 1.82) is 0 Å². The van der Waals surface area contributed by atoms with Gasteiger partial charge in [0, 0.05) is 57.5 Å². The summed E-state index contributed by atoms with van der Waals surface area (Å²) in [6, 6.07) is 3.63. The molecule has 1 saturated heterocycles. The summed E-state index contributed by atoms with van der Waals surface area (Å²) < 4.78 is 38.1. The van der Waals surface area contributed by atoms with E-state index in [1.807, 2.05) is 4.90 Å². The molecule has 1 aliphatic heterocycles. The first kappa shape index (κ1) is 22.2. The quantitative estimate of drug-likeness (QED) is 0.631. The zero-order valence-electron chi connectivity index (χ0n) is 16.4. The monoisotopic (exact) mass is 386 g/mol. The van der Waals surface area contributed by atoms with Crippen LogP contribution in [0.4, 0.5) is 8.78 Å². The number of hydrogen-bond donors (Lipinski definition) is 1. The van der Waals surface area contributed by atoms with Crippen LogP contribution < -0.4 is 0 Å². The first-order chi connectivity index (χ1) is 12.9. The van der Waals surface area contributed by atoms with Gasteiger partial charge >= 0.3 is 0 Å². The molecule has 1 atom stereocenters. The van der Waals surface area contributed by atoms with E-state index < -0.39 is 17.7 Å². The Balaban J connectivity index is 1.91. The van der Waals surface area contributed by atoms with E-state index in [1.54, 1.807) is 0 Å². The second kappa shape index (κ2) is 11.7. The maximum atomic E-state index is 14.1. The van der Waals surface area contributed by atoms with Crippen LogP contribution in [0.2, 0.25) is 0 Å². The second-order valence-electron chi connectivity index (χ2n) is 7.51. The lowest BCUT2D eigenvalue weighted by Crippen LogP contribution is -2.43. The van der Waals surface area contributed by atoms with Crippen LogP contribution in [-0.4, -0.2) is 80.2 Å². The number of aliphatic hydroxyl groups excluding tert-OH is 1. The maximum Gasteiger partial charge on any atom is 0.130 e. The van der Waals surface area contributed by atoms with Gasteiger partial charge in [0.2, 0.25) is 0 Å². The number of nitrogens with zero attached hydrogens (tertiary/aromatic N) is 2. The van der Waals surface area contributed by atoms with Gasteiger partial charge in [-0.1, -0.05) is 19.9 Å². The van der Waals surface area contributed by atoms with Gasteiger partial charge in [-0.2, -0.15) is 0 Å². The number of aliphatic hydroxyl groups is 1. The minimum atomic E-state index is -0.656. The molecular formula is C20H32F2N2O3. The Labute approximate surface area is 160 Å². The molecule has 0 aromatic heterocycles. The molecule has 1 aromatic rings. The molecule has 154 valence electrons. The standard InChI is InChI=1S/C20H32F2N2O3/c1-16(2)14-27-15-19(25)13-24(6-5-23-7-9-26-10-8-23)12-17-3-4-18(21)11-20(17)22/h3-4,11,16,19,25H,5-10,12-15H2,1-2H3. The van der Waals surface area contributed by atoms with Crippen molar-refractivity contribution in [3.8, 4) is 0 Å². The number of hydrogen-bond acceptors (Lipinski definition) is 5. The van der Waals surface area contributed by atoms with E-state index in [2.05, 4.69) is 18.7 Å². The van der Waals surface area contributed by atoms with E-state index in [4.69, 9.17) is 9.47 Å². The van der Waals surface area contributed by atoms with Crippen LogP contribution in [0.25, 0.3) is 0 Å². The van der Waals surface area contributed by atoms with Gasteiger partial charge in [-0.25, -0.2) is 8.78 Å². The summed E-state index contributed by atoms with van der Waals surface area (Å²) in [7, 11) is 0. The molecule has 0 amide bonds. The second-order valence-corrected chi connectivity index (χ2v) is 7.51. The lowest BCUT2D eigenvalue weighted by Gasteiger charge is -2.31. The summed E-state index contributed by atoms with van der Waals surface area (Å²) in [5, 5.41) is 10.3. The van der Waals surface area contributed by atoms with Crippen molar-refractivity contribution in [1.82, 2.24) is 9.80 Å². The molecule has 1 heterocycles. The van der Waals surface area contributed by atoms with Gasteiger partial charge in [-0.3, -0.25) is 9.80 Å². The highest BCUT2D eigenvalue weighted by atomic mass is 19.1. The van der Waals surface area contributed by atoms with E-state index >= 15 is 0 Å². The van der Waals surface area contributed by atoms with Gasteiger partial charge < -0.3 is 14.6 Å². The first-order valence-electron chi connectivity index (χ1n) is 9.66. The Bertz CT molecular complexity index is 554. The van der Waals surface area contributed by atoms with Crippen LogP contribution in [0.3, 0.4) is 0 Å². The van der Waals surface area contributed by atoms with Crippen LogP contribution >= 0.6 is 0 Å². The van der Waals surface area contributed by atoms with Crippen LogP contribution in [-0.2, 0) is 16.0 Å². The molecule has 0 bridgehead atoms. The fourth-order valence-electron chi connectivity index (χ4n) is 3.02. The normalized spacial score (nSPS) is 17.0. The van der Waals surface area contributed by atoms with Gasteiger partial charge in [-0.15, -0.1) is 0 Å². The summed E-state index contributed by atoms with van der Waals surface area (Å²) in [5.74, 6) is -0.738. The summed E-state index contributed by atoms with van der Waals surface area (Å²) in [4.78, 5) is 4.29. The molecule has 2 rings (SSSR count). The fourth-order valence-corrected chi connectivity index (χ4v) is 3.02. The number of benzene rings is 1. The van der Waals surface area contributed by atoms with Crippen molar-refractivity contribution in [2.24, 2.45) is 5.92 Å². The van der Waals surface area contributed by atoms with Crippen molar-refractivity contribution >= 4 is 0 Å². The van der Waals surface area contributed by atoms with Crippen LogP contribution in [0, 0.1) is 17.6 Å². The van der Waals surface area contributed by atoms with E-state index in [0.29, 0.717) is 37.7 Å². The Morgan fingerprint density at radius 2 is 1.96 bits per heavy atom. The number of ether oxygens (including phenoxy) is 2. The van der Waals surface area contributed by atoms with Crippen molar-refractivity contribution in [2.45, 2.75) is 26.5 Å². The van der Waals surface area contributed by atoms with Gasteiger partial charge in [0.15, 0.2) is 0 Å². The summed E-state index contributed by atoms with van der Waals surface area (Å²) in [6.45, 7) is 10.3. The third-order valence-corrected chi connectivity index (χ3v) is 4.48. The first-order valence-corrected chi connectivity index (χ1v) is 9.66. The minimum Gasteiger partial charge on any atom is -0.389 e. The minimum absolute atomic E-state index is 0.248. The van der Waals surface area contributed by atoms with Gasteiger partial charge in [0.1, 0.15) is 11.6 Å². The fraction of sp³-hybridized carbons (Fsp3) is 0.700. The Morgan fingerprint density at radius 1 is 1.22 bits per heavy atom. The summed E-state index contributed by atoms with van der Waals surface area (Å²) in [5.41, 5.74) is 0.425. The summed E-state index contributed by atoms with van der Waals surface area (Å²) >= 11 is 0. The highest BCUT2D eigenvalue weighted by molar-refractivity contribution is 5.18. The van der Waals surface area contributed by atoms with Gasteiger partial charge in [0.05, 0.1) is 25.9 Å². The molecule has 1 aromatic carbocycles. The molecule has 1 aliphatic rings. The van der Waals surface area contributed by atoms with Crippen LogP contribution in [0.5, 0.6) is 0 Å². The highest BCUT2D eigenvalue weighted by Gasteiger charge is 2.17. The number of morpholine rings is 1. The predicted octanol–water partition coefficient (Wildman–Crippen LogP) is 2.13. The van der Waals surface area contributed by atoms with E-state index in [1.165, 1.54) is 12.1 Å². The third-order valence-electron chi connectivity index (χ3n) is 4.48. The Kier molecular flexibility index (Phi) is 9.58. The molecule has 0 aliphatic carbocycles. The van der Waals surface area contributed by atoms with Crippen LogP contribution in [0.1, 0.15) is 19.4 Å². The van der Waals surface area contributed by atoms with E-state index in [9.17, 15) is 13.9 Å². The molecule has 5 nitrogen and oxygen atoms in total. The van der Waals surface area contributed by atoms with Crippen LogP contribution in [0.15, 0.2) is 18.2 Å². The largest absolute Gasteiger partial charge is 0.389 e. The Morgan fingerprint density at radius 3 is 2.63 bits per heavy atom. The molecule has 0 saturated carbocycles. The Hall–Kier alpha value is -1.12. The van der Waals surface area contributed by atoms with E-state index in [-0.39, 0.29) is 6.61 Å². The van der Waals surface area contributed by atoms with Crippen molar-refractivity contribution in [3.63, 3.8) is 0 Å². The van der Waals surface area contributed by atoms with Crippen molar-refractivity contribution in [2.75, 3.05) is 59.2 Å². The molecule has 0 spiro atoms. The number of halogens is 2. The highest BCUT2D eigenvalue weighted by Crippen LogP contribution is 2.13.